The molecule has 9 nitrogen and oxygen atoms in total. The Balaban J connectivity index is 1.68. The van der Waals surface area contributed by atoms with E-state index < -0.39 is 64.6 Å². The van der Waals surface area contributed by atoms with Crippen LogP contribution in [0.25, 0.3) is 11.3 Å². The summed E-state index contributed by atoms with van der Waals surface area (Å²) in [6, 6.07) is 1.47. The summed E-state index contributed by atoms with van der Waals surface area (Å²) >= 11 is 5.88. The smallest absolute Gasteiger partial charge is 0.194 e. The molecule has 0 saturated carbocycles. The number of hydrogen-bond acceptors (Lipinski definition) is 8. The molecule has 0 bridgehead atoms. The lowest BCUT2D eigenvalue weighted by molar-refractivity contribution is -0.179. The Kier molecular flexibility index (Phi) is 6.79. The predicted octanol–water partition coefficient (Wildman–Crippen LogP) is 1.20. The van der Waals surface area contributed by atoms with Gasteiger partial charge < -0.3 is 20.1 Å². The molecule has 3 aromatic rings. The number of nitrogens with zero attached hydrogens (tertiary/aromatic N) is 4. The van der Waals surface area contributed by atoms with E-state index in [-0.39, 0.29) is 21.2 Å². The summed E-state index contributed by atoms with van der Waals surface area (Å²) in [6.45, 7) is -0.679. The fraction of sp³-hybridized carbons (Fsp3) is 0.316. The van der Waals surface area contributed by atoms with Gasteiger partial charge in [0.15, 0.2) is 22.9 Å². The summed E-state index contributed by atoms with van der Waals surface area (Å²) in [4.78, 5) is 3.97. The van der Waals surface area contributed by atoms with Crippen molar-refractivity contribution in [2.75, 3.05) is 6.61 Å². The summed E-state index contributed by atoms with van der Waals surface area (Å²) in [6.07, 6.45) is -0.665. The maximum absolute atomic E-state index is 13.6. The van der Waals surface area contributed by atoms with E-state index in [2.05, 4.69) is 15.3 Å². The van der Waals surface area contributed by atoms with Crippen LogP contribution in [0, 0.1) is 17.5 Å². The second-order valence-electron chi connectivity index (χ2n) is 7.17. The highest BCUT2D eigenvalue weighted by Crippen LogP contribution is 2.34. The van der Waals surface area contributed by atoms with Crippen LogP contribution in [0.2, 0.25) is 5.02 Å². The van der Waals surface area contributed by atoms with Crippen LogP contribution in [-0.2, 0) is 15.5 Å². The van der Waals surface area contributed by atoms with Crippen molar-refractivity contribution in [1.82, 2.24) is 20.0 Å². The Morgan fingerprint density at radius 3 is 2.45 bits per heavy atom. The average Bonchev–Trinajstić information content (AvgIpc) is 3.27. The molecule has 3 N–H and O–H groups in total. The Morgan fingerprint density at radius 2 is 1.82 bits per heavy atom. The van der Waals surface area contributed by atoms with Crippen LogP contribution in [-0.4, -0.2) is 69.9 Å². The molecule has 3 heterocycles. The van der Waals surface area contributed by atoms with Gasteiger partial charge in [0.1, 0.15) is 30.0 Å². The Labute approximate surface area is 191 Å². The molecular formula is C19H16ClF3N4O5S. The van der Waals surface area contributed by atoms with Crippen LogP contribution in [0.1, 0.15) is 6.04 Å². The molecule has 0 radical (unpaired) electrons. The van der Waals surface area contributed by atoms with E-state index in [9.17, 15) is 32.7 Å². The van der Waals surface area contributed by atoms with Gasteiger partial charge in [0, 0.05) is 18.0 Å². The van der Waals surface area contributed by atoms with Crippen LogP contribution >= 0.6 is 11.6 Å². The maximum Gasteiger partial charge on any atom is 0.194 e. The van der Waals surface area contributed by atoms with E-state index in [0.717, 1.165) is 10.9 Å². The summed E-state index contributed by atoms with van der Waals surface area (Å²) in [5.41, 5.74) is -1.65. The van der Waals surface area contributed by atoms with Gasteiger partial charge in [0.05, 0.1) is 33.5 Å². The van der Waals surface area contributed by atoms with Crippen LogP contribution in [0.15, 0.2) is 41.7 Å². The Morgan fingerprint density at radius 1 is 1.12 bits per heavy atom. The number of halogens is 4. The van der Waals surface area contributed by atoms with Crippen LogP contribution in [0.3, 0.4) is 0 Å². The first kappa shape index (κ1) is 23.7. The average molecular weight is 505 g/mol. The summed E-state index contributed by atoms with van der Waals surface area (Å²) in [5.74, 6) is -4.51. The molecule has 1 saturated heterocycles. The Bertz CT molecular complexity index is 1180. The second-order valence-corrected chi connectivity index (χ2v) is 9.14. The van der Waals surface area contributed by atoms with Gasteiger partial charge in [-0.1, -0.05) is 16.8 Å². The molecule has 2 aromatic heterocycles. The van der Waals surface area contributed by atoms with Gasteiger partial charge in [0.25, 0.3) is 0 Å². The fourth-order valence-electron chi connectivity index (χ4n) is 3.45. The van der Waals surface area contributed by atoms with Crippen molar-refractivity contribution in [1.29, 1.82) is 0 Å². The molecule has 1 aromatic carbocycles. The minimum atomic E-state index is -2.02. The largest absolute Gasteiger partial charge is 0.394 e. The monoisotopic (exact) mass is 504 g/mol. The maximum atomic E-state index is 13.6. The number of aliphatic hydroxyl groups excluding tert-OH is 3. The van der Waals surface area contributed by atoms with Crippen molar-refractivity contribution >= 4 is 22.4 Å². The molecule has 1 aliphatic rings. The van der Waals surface area contributed by atoms with Gasteiger partial charge in [0.2, 0.25) is 0 Å². The number of benzene rings is 1. The summed E-state index contributed by atoms with van der Waals surface area (Å²) in [7, 11) is -2.02. The third-order valence-electron chi connectivity index (χ3n) is 5.07. The van der Waals surface area contributed by atoms with E-state index >= 15 is 0 Å². The summed E-state index contributed by atoms with van der Waals surface area (Å²) in [5, 5.41) is 38.9. The number of aromatic nitrogens is 4. The van der Waals surface area contributed by atoms with Gasteiger partial charge in [-0.2, -0.15) is 0 Å². The number of pyridine rings is 1. The van der Waals surface area contributed by atoms with Crippen molar-refractivity contribution < 1.29 is 37.4 Å². The minimum absolute atomic E-state index is 0.0871. The zero-order chi connectivity index (χ0) is 23.9. The minimum Gasteiger partial charge on any atom is -0.394 e. The molecule has 0 spiro atoms. The zero-order valence-corrected chi connectivity index (χ0v) is 18.0. The van der Waals surface area contributed by atoms with Gasteiger partial charge >= 0.3 is 0 Å². The number of rotatable bonds is 5. The van der Waals surface area contributed by atoms with Gasteiger partial charge in [-0.25, -0.2) is 17.9 Å². The Hall–Kier alpha value is -2.42. The van der Waals surface area contributed by atoms with Crippen molar-refractivity contribution in [3.05, 3.63) is 59.3 Å². The highest BCUT2D eigenvalue weighted by molar-refractivity contribution is 7.85. The third-order valence-corrected chi connectivity index (χ3v) is 6.77. The first-order valence-corrected chi connectivity index (χ1v) is 11.0. The number of aliphatic hydroxyl groups is 3. The van der Waals surface area contributed by atoms with E-state index in [1.54, 1.807) is 0 Å². The highest BCUT2D eigenvalue weighted by atomic mass is 35.5. The van der Waals surface area contributed by atoms with Gasteiger partial charge in [-0.3, -0.25) is 9.19 Å². The second kappa shape index (κ2) is 9.44. The summed E-state index contributed by atoms with van der Waals surface area (Å²) < 4.78 is 60.0. The molecular weight excluding hydrogens is 489 g/mol. The lowest BCUT2D eigenvalue weighted by Crippen LogP contribution is -2.57. The van der Waals surface area contributed by atoms with Crippen molar-refractivity contribution in [2.24, 2.45) is 0 Å². The highest BCUT2D eigenvalue weighted by Gasteiger charge is 2.48. The molecule has 3 unspecified atom stereocenters. The van der Waals surface area contributed by atoms with E-state index in [1.807, 2.05) is 0 Å². The SMILES string of the molecule is O=S(c1cncc(Cl)c1)[C@H]1OC(CO)[C@H](O)C(n2cc(-c3cc(F)c(F)c(F)c3)nn2)[C@@H]1O. The number of ether oxygens (including phenoxy) is 1. The van der Waals surface area contributed by atoms with Crippen molar-refractivity contribution in [3.63, 3.8) is 0 Å². The lowest BCUT2D eigenvalue weighted by atomic mass is 9.97. The van der Waals surface area contributed by atoms with Crippen LogP contribution < -0.4 is 0 Å². The molecule has 1 aliphatic heterocycles. The van der Waals surface area contributed by atoms with Gasteiger partial charge in [-0.05, 0) is 18.2 Å². The van der Waals surface area contributed by atoms with Crippen molar-refractivity contribution in [2.45, 2.75) is 34.7 Å². The fourth-order valence-corrected chi connectivity index (χ4v) is 5.02. The number of hydrogen-bond donors (Lipinski definition) is 3. The lowest BCUT2D eigenvalue weighted by Gasteiger charge is -2.41. The quantitative estimate of drug-likeness (QED) is 0.442. The molecule has 0 aliphatic carbocycles. The van der Waals surface area contributed by atoms with Gasteiger partial charge in [-0.15, -0.1) is 5.10 Å². The first-order valence-electron chi connectivity index (χ1n) is 9.41. The topological polar surface area (TPSA) is 131 Å². The first-order chi connectivity index (χ1) is 15.7. The molecule has 0 amide bonds. The predicted molar refractivity (Wildman–Crippen MR) is 108 cm³/mol. The van der Waals surface area contributed by atoms with Crippen molar-refractivity contribution in [3.8, 4) is 11.3 Å². The normalized spacial score (nSPS) is 26.3. The standard InChI is InChI=1S/C19H16ClF3N4O5S/c20-9-3-10(5-24-4-9)33(31)19-18(30)16(17(29)14(7-28)32-19)27-6-13(25-26-27)8-1-11(21)15(23)12(22)2-8/h1-6,14,16-19,28-30H,7H2/t14?,16?,17-,18-,19+,33?/m0/s1. The van der Waals surface area contributed by atoms with E-state index in [1.165, 1.54) is 18.5 Å². The molecule has 176 valence electrons. The molecule has 4 rings (SSSR count). The molecule has 33 heavy (non-hydrogen) atoms. The zero-order valence-electron chi connectivity index (χ0n) is 16.4. The molecule has 14 heteroatoms. The van der Waals surface area contributed by atoms with Crippen LogP contribution in [0.4, 0.5) is 13.2 Å². The molecule has 1 fully saturated rings. The van der Waals surface area contributed by atoms with Crippen LogP contribution in [0.5, 0.6) is 0 Å². The third kappa shape index (κ3) is 4.52. The van der Waals surface area contributed by atoms with E-state index in [0.29, 0.717) is 12.1 Å². The van der Waals surface area contributed by atoms with E-state index in [4.69, 9.17) is 16.3 Å². The molecule has 6 atom stereocenters.